The maximum absolute atomic E-state index is 13.9. The third kappa shape index (κ3) is 4.34. The number of thiazole rings is 1. The quantitative estimate of drug-likeness (QED) is 0.258. The van der Waals surface area contributed by atoms with Gasteiger partial charge in [0.25, 0.3) is 5.91 Å². The minimum absolute atomic E-state index is 0.0162. The van der Waals surface area contributed by atoms with E-state index in [1.54, 1.807) is 36.0 Å². The second kappa shape index (κ2) is 10.6. The van der Waals surface area contributed by atoms with Gasteiger partial charge in [-0.2, -0.15) is 0 Å². The van der Waals surface area contributed by atoms with E-state index in [1.165, 1.54) is 16.2 Å². The highest BCUT2D eigenvalue weighted by molar-refractivity contribution is 8.00. The number of aromatic nitrogens is 1. The number of rotatable bonds is 6. The Morgan fingerprint density at radius 1 is 0.932 bits per heavy atom. The summed E-state index contributed by atoms with van der Waals surface area (Å²) in [5, 5.41) is 4.27. The Morgan fingerprint density at radius 2 is 1.64 bits per heavy atom. The fourth-order valence-corrected chi connectivity index (χ4v) is 10.9. The maximum atomic E-state index is 13.9. The van der Waals surface area contributed by atoms with E-state index >= 15 is 0 Å². The molecular formula is C33H26ClN3O5S2. The average Bonchev–Trinajstić information content (AvgIpc) is 3.76. The van der Waals surface area contributed by atoms with Crippen LogP contribution in [0.15, 0.2) is 88.7 Å². The van der Waals surface area contributed by atoms with Gasteiger partial charge in [-0.25, -0.2) is 0 Å². The van der Waals surface area contributed by atoms with Crippen molar-refractivity contribution in [3.63, 3.8) is 0 Å². The summed E-state index contributed by atoms with van der Waals surface area (Å²) >= 11 is 8.80. The molecule has 3 aromatic carbocycles. The van der Waals surface area contributed by atoms with E-state index in [9.17, 15) is 19.2 Å². The molecule has 2 bridgehead atoms. The lowest BCUT2D eigenvalue weighted by atomic mass is 9.68. The van der Waals surface area contributed by atoms with Crippen molar-refractivity contribution in [2.45, 2.75) is 22.6 Å². The number of halogens is 1. The molecule has 222 valence electrons. The molecule has 4 unspecified atom stereocenters. The molecule has 44 heavy (non-hydrogen) atoms. The summed E-state index contributed by atoms with van der Waals surface area (Å²) in [5.74, 6) is -0.973. The molecule has 2 aliphatic heterocycles. The zero-order valence-electron chi connectivity index (χ0n) is 23.1. The number of amides is 3. The van der Waals surface area contributed by atoms with Gasteiger partial charge in [0, 0.05) is 32.3 Å². The fourth-order valence-electron chi connectivity index (χ4n) is 7.94. The number of thioether (sulfide) groups is 1. The van der Waals surface area contributed by atoms with Crippen molar-refractivity contribution in [1.29, 1.82) is 0 Å². The number of hydrogen-bond acceptors (Lipinski definition) is 7. The molecule has 0 spiro atoms. The third-order valence-electron chi connectivity index (χ3n) is 9.48. The zero-order valence-corrected chi connectivity index (χ0v) is 25.5. The molecule has 11 heteroatoms. The number of para-hydroxylation sites is 2. The number of hydrogen-bond donors (Lipinski definition) is 2. The van der Waals surface area contributed by atoms with Gasteiger partial charge in [0.05, 0.1) is 22.5 Å². The van der Waals surface area contributed by atoms with Crippen LogP contribution in [0.4, 0.5) is 11.4 Å². The van der Waals surface area contributed by atoms with Gasteiger partial charge >= 0.3 is 4.87 Å². The van der Waals surface area contributed by atoms with E-state index in [-0.39, 0.29) is 64.0 Å². The molecular weight excluding hydrogens is 618 g/mol. The molecule has 8 nitrogen and oxygen atoms in total. The van der Waals surface area contributed by atoms with Crippen molar-refractivity contribution in [3.8, 4) is 5.75 Å². The number of carbonyl (C=O) groups is 3. The van der Waals surface area contributed by atoms with Crippen LogP contribution in [0.5, 0.6) is 5.75 Å². The number of carbonyl (C=O) groups excluding carboxylic acids is 3. The topological polar surface area (TPSA) is 109 Å². The van der Waals surface area contributed by atoms with Crippen LogP contribution in [0.25, 0.3) is 0 Å². The largest absolute Gasteiger partial charge is 0.483 e. The number of aromatic amines is 1. The molecule has 3 amide bonds. The van der Waals surface area contributed by atoms with Gasteiger partial charge in [0.2, 0.25) is 11.8 Å². The van der Waals surface area contributed by atoms with E-state index in [4.69, 9.17) is 16.3 Å². The number of nitrogens with zero attached hydrogens (tertiary/aromatic N) is 1. The first-order valence-electron chi connectivity index (χ1n) is 14.5. The van der Waals surface area contributed by atoms with E-state index in [0.29, 0.717) is 22.1 Å². The molecule has 4 aromatic rings. The van der Waals surface area contributed by atoms with Crippen molar-refractivity contribution in [2.75, 3.05) is 16.8 Å². The van der Waals surface area contributed by atoms with Crippen LogP contribution in [0.3, 0.4) is 0 Å². The lowest BCUT2D eigenvalue weighted by Gasteiger charge is -2.43. The summed E-state index contributed by atoms with van der Waals surface area (Å²) in [6, 6.07) is 23.6. The monoisotopic (exact) mass is 643 g/mol. The predicted molar refractivity (Wildman–Crippen MR) is 169 cm³/mol. The van der Waals surface area contributed by atoms with E-state index in [1.807, 2.05) is 54.6 Å². The van der Waals surface area contributed by atoms with Crippen LogP contribution in [-0.2, 0) is 14.4 Å². The third-order valence-corrected chi connectivity index (χ3v) is 12.3. The van der Waals surface area contributed by atoms with Gasteiger partial charge in [0.1, 0.15) is 5.75 Å². The van der Waals surface area contributed by atoms with E-state index in [2.05, 4.69) is 10.3 Å². The molecule has 3 heterocycles. The van der Waals surface area contributed by atoms with Gasteiger partial charge in [-0.15, -0.1) is 11.8 Å². The Bertz CT molecular complexity index is 1860. The summed E-state index contributed by atoms with van der Waals surface area (Å²) in [5.41, 5.74) is 2.10. The summed E-state index contributed by atoms with van der Waals surface area (Å²) in [6.07, 6.45) is 0.792. The molecule has 4 aliphatic rings. The lowest BCUT2D eigenvalue weighted by Crippen LogP contribution is -2.42. The Kier molecular flexibility index (Phi) is 6.69. The first-order valence-corrected chi connectivity index (χ1v) is 16.6. The van der Waals surface area contributed by atoms with Crippen LogP contribution in [-0.4, -0.2) is 34.6 Å². The summed E-state index contributed by atoms with van der Waals surface area (Å²) in [7, 11) is 0. The Labute approximate surface area is 265 Å². The Hall–Kier alpha value is -3.86. The van der Waals surface area contributed by atoms with Gasteiger partial charge < -0.3 is 15.0 Å². The molecule has 1 saturated heterocycles. The Balaban J connectivity index is 1.12. The van der Waals surface area contributed by atoms with Crippen molar-refractivity contribution in [2.24, 2.45) is 29.6 Å². The number of nitrogens with one attached hydrogen (secondary N) is 2. The number of H-pyrrole nitrogens is 1. The number of anilines is 2. The molecule has 7 atom stereocenters. The minimum atomic E-state index is -0.396. The number of fused-ring (bicyclic) bond motifs is 9. The van der Waals surface area contributed by atoms with Gasteiger partial charge in [-0.05, 0) is 66.6 Å². The number of benzene rings is 3. The SMILES string of the molecule is O=C(COc1ccccc1[C@H]1c2sc(=O)[nH]c2SC2C1[C@H]1C[C@@H]2C2C(=O)N(c3ccccc3)C(=O)C21)Nc1ccc(Cl)cc1. The van der Waals surface area contributed by atoms with Crippen LogP contribution >= 0.6 is 34.7 Å². The molecule has 2 N–H and O–H groups in total. The second-order valence-electron chi connectivity index (χ2n) is 11.7. The average molecular weight is 644 g/mol. The van der Waals surface area contributed by atoms with Crippen molar-refractivity contribution in [1.82, 2.24) is 4.98 Å². The first-order chi connectivity index (χ1) is 21.4. The van der Waals surface area contributed by atoms with Crippen molar-refractivity contribution < 1.29 is 19.1 Å². The molecule has 3 fully saturated rings. The highest BCUT2D eigenvalue weighted by Crippen LogP contribution is 2.69. The van der Waals surface area contributed by atoms with Gasteiger partial charge in [0.15, 0.2) is 6.61 Å². The Morgan fingerprint density at radius 3 is 2.41 bits per heavy atom. The van der Waals surface area contributed by atoms with Crippen LogP contribution < -0.4 is 19.8 Å². The summed E-state index contributed by atoms with van der Waals surface area (Å²) in [4.78, 5) is 58.4. The van der Waals surface area contributed by atoms with Crippen molar-refractivity contribution >= 4 is 63.8 Å². The molecule has 8 rings (SSSR count). The van der Waals surface area contributed by atoms with Crippen LogP contribution in [0.2, 0.25) is 5.02 Å². The highest BCUT2D eigenvalue weighted by Gasteiger charge is 2.69. The second-order valence-corrected chi connectivity index (χ2v) is 14.3. The van der Waals surface area contributed by atoms with Crippen LogP contribution in [0.1, 0.15) is 22.8 Å². The normalized spacial score (nSPS) is 28.0. The predicted octanol–water partition coefficient (Wildman–Crippen LogP) is 5.79. The summed E-state index contributed by atoms with van der Waals surface area (Å²) < 4.78 is 6.14. The smallest absolute Gasteiger partial charge is 0.305 e. The summed E-state index contributed by atoms with van der Waals surface area (Å²) in [6.45, 7) is -0.207. The molecule has 1 aromatic heterocycles. The lowest BCUT2D eigenvalue weighted by molar-refractivity contribution is -0.123. The highest BCUT2D eigenvalue weighted by atomic mass is 35.5. The number of ether oxygens (including phenoxy) is 1. The van der Waals surface area contributed by atoms with E-state index < -0.39 is 5.92 Å². The van der Waals surface area contributed by atoms with E-state index in [0.717, 1.165) is 21.9 Å². The number of imide groups is 1. The fraction of sp³-hybridized carbons (Fsp3) is 0.273. The first kappa shape index (κ1) is 27.7. The van der Waals surface area contributed by atoms with Gasteiger partial charge in [-0.3, -0.25) is 24.1 Å². The molecule has 2 aliphatic carbocycles. The van der Waals surface area contributed by atoms with Crippen molar-refractivity contribution in [3.05, 3.63) is 104 Å². The maximum Gasteiger partial charge on any atom is 0.305 e. The standard InChI is InChI=1S/C33H26ClN3O5S2/c34-16-10-12-17(13-11-16)35-23(38)15-42-22-9-5-4-8-19(22)24-25-20-14-21(28(25)43-30-29(24)44-33(41)36-30)27-26(20)31(39)37(32(27)40)18-6-2-1-3-7-18/h1-13,20-21,24-28H,14-15H2,(H,35,38)(H,36,41)/t20-,21-,24-,25?,26?,27?,28?/m1/s1. The van der Waals surface area contributed by atoms with Crippen LogP contribution in [0, 0.1) is 29.6 Å². The molecule has 0 radical (unpaired) electrons. The zero-order chi connectivity index (χ0) is 30.1. The van der Waals surface area contributed by atoms with Gasteiger partial charge in [-0.1, -0.05) is 59.3 Å². The minimum Gasteiger partial charge on any atom is -0.483 e. The molecule has 2 saturated carbocycles.